The molecule has 2 rings (SSSR count). The van der Waals surface area contributed by atoms with Crippen LogP contribution < -0.4 is 10.8 Å². The summed E-state index contributed by atoms with van der Waals surface area (Å²) in [6.07, 6.45) is -3.03. The Hall–Kier alpha value is -2.51. The first-order valence-corrected chi connectivity index (χ1v) is 5.91. The van der Waals surface area contributed by atoms with Crippen LogP contribution in [-0.2, 0) is 6.18 Å². The highest BCUT2D eigenvalue weighted by atomic mass is 19.4. The molecule has 0 saturated heterocycles. The number of benzene rings is 1. The van der Waals surface area contributed by atoms with Gasteiger partial charge in [-0.05, 0) is 30.3 Å². The zero-order valence-corrected chi connectivity index (χ0v) is 10.9. The Morgan fingerprint density at radius 3 is 2.43 bits per heavy atom. The summed E-state index contributed by atoms with van der Waals surface area (Å²) in [5.41, 5.74) is 0.0263. The molecule has 1 amide bonds. The molecule has 1 aromatic carbocycles. The highest BCUT2D eigenvalue weighted by Crippen LogP contribution is 2.29. The molecule has 0 unspecified atom stereocenters. The minimum atomic E-state index is -4.45. The average molecular weight is 294 g/mol. The van der Waals surface area contributed by atoms with Gasteiger partial charge in [0.05, 0.1) is 5.56 Å². The highest BCUT2D eigenvalue weighted by molar-refractivity contribution is 6.32. The van der Waals surface area contributed by atoms with Gasteiger partial charge in [0.15, 0.2) is 0 Å². The third-order valence-electron chi connectivity index (χ3n) is 2.73. The van der Waals surface area contributed by atoms with Gasteiger partial charge >= 0.3 is 6.18 Å². The number of amides is 1. The summed E-state index contributed by atoms with van der Waals surface area (Å²) in [7, 11) is 1.72. The lowest BCUT2D eigenvalue weighted by Gasteiger charge is -2.09. The predicted octanol–water partition coefficient (Wildman–Crippen LogP) is 1.32. The Kier molecular flexibility index (Phi) is 3.88. The number of carbonyl (C=O) groups is 1. The van der Waals surface area contributed by atoms with Crippen LogP contribution >= 0.6 is 0 Å². The zero-order valence-electron chi connectivity index (χ0n) is 10.9. The van der Waals surface area contributed by atoms with Crippen molar-refractivity contribution in [3.05, 3.63) is 47.7 Å². The molecule has 1 heterocycles. The van der Waals surface area contributed by atoms with Crippen LogP contribution in [0.5, 0.6) is 5.88 Å². The van der Waals surface area contributed by atoms with Crippen molar-refractivity contribution < 1.29 is 23.1 Å². The standard InChI is InChI=1S/C13H10BF3N2O2/c14-9-5-10(12(21)18-6-9)19-11(20)7-1-3-8(4-2-7)13(15,16)17/h1-6H,14H2,(H,18,21)(H,19,20). The Morgan fingerprint density at radius 1 is 1.24 bits per heavy atom. The van der Waals surface area contributed by atoms with Crippen LogP contribution in [0.15, 0.2) is 36.5 Å². The number of hydrogen-bond donors (Lipinski definition) is 2. The van der Waals surface area contributed by atoms with Gasteiger partial charge in [-0.25, -0.2) is 4.98 Å². The van der Waals surface area contributed by atoms with Crippen LogP contribution in [0.25, 0.3) is 0 Å². The average Bonchev–Trinajstić information content (AvgIpc) is 2.42. The second-order valence-corrected chi connectivity index (χ2v) is 4.41. The molecule has 8 heteroatoms. The maximum absolute atomic E-state index is 12.4. The van der Waals surface area contributed by atoms with Crippen LogP contribution in [0.4, 0.5) is 18.9 Å². The molecule has 21 heavy (non-hydrogen) atoms. The maximum atomic E-state index is 12.4. The van der Waals surface area contributed by atoms with Gasteiger partial charge in [-0.15, -0.1) is 0 Å². The lowest BCUT2D eigenvalue weighted by atomic mass is 9.98. The molecule has 0 fully saturated rings. The summed E-state index contributed by atoms with van der Waals surface area (Å²) >= 11 is 0. The van der Waals surface area contributed by atoms with Crippen molar-refractivity contribution in [3.8, 4) is 5.88 Å². The zero-order chi connectivity index (χ0) is 15.6. The van der Waals surface area contributed by atoms with Crippen LogP contribution in [0, 0.1) is 0 Å². The lowest BCUT2D eigenvalue weighted by Crippen LogP contribution is -2.15. The molecule has 0 bridgehead atoms. The summed E-state index contributed by atoms with van der Waals surface area (Å²) in [4.78, 5) is 15.6. The van der Waals surface area contributed by atoms with E-state index in [0.29, 0.717) is 0 Å². The van der Waals surface area contributed by atoms with Crippen LogP contribution in [-0.4, -0.2) is 23.8 Å². The first kappa shape index (κ1) is 14.9. The Labute approximate surface area is 119 Å². The normalized spacial score (nSPS) is 11.2. The van der Waals surface area contributed by atoms with Gasteiger partial charge in [0, 0.05) is 11.8 Å². The van der Waals surface area contributed by atoms with Gasteiger partial charge < -0.3 is 10.4 Å². The number of aromatic hydroxyl groups is 1. The van der Waals surface area contributed by atoms with Crippen molar-refractivity contribution in [2.75, 3.05) is 5.32 Å². The Balaban J connectivity index is 2.19. The number of nitrogens with one attached hydrogen (secondary N) is 1. The SMILES string of the molecule is Bc1cnc(O)c(NC(=O)c2ccc(C(F)(F)F)cc2)c1. The van der Waals surface area contributed by atoms with E-state index in [1.807, 2.05) is 0 Å². The number of alkyl halides is 3. The highest BCUT2D eigenvalue weighted by Gasteiger charge is 2.30. The molecule has 4 nitrogen and oxygen atoms in total. The molecule has 0 saturated carbocycles. The Morgan fingerprint density at radius 2 is 1.86 bits per heavy atom. The fourth-order valence-electron chi connectivity index (χ4n) is 1.66. The molecule has 2 N–H and O–H groups in total. The number of nitrogens with zero attached hydrogens (tertiary/aromatic N) is 1. The summed E-state index contributed by atoms with van der Waals surface area (Å²) in [5, 5.41) is 11.9. The van der Waals surface area contributed by atoms with Gasteiger partial charge in [-0.1, -0.05) is 5.46 Å². The summed E-state index contributed by atoms with van der Waals surface area (Å²) in [5.74, 6) is -0.993. The van der Waals surface area contributed by atoms with Crippen molar-refractivity contribution in [3.63, 3.8) is 0 Å². The van der Waals surface area contributed by atoms with E-state index < -0.39 is 17.6 Å². The number of anilines is 1. The first-order chi connectivity index (χ1) is 9.77. The maximum Gasteiger partial charge on any atom is 0.416 e. The van der Waals surface area contributed by atoms with Gasteiger partial charge in [0.25, 0.3) is 5.91 Å². The molecule has 0 spiro atoms. The van der Waals surface area contributed by atoms with E-state index in [-0.39, 0.29) is 17.1 Å². The molecule has 0 aliphatic rings. The minimum Gasteiger partial charge on any atom is -0.492 e. The van der Waals surface area contributed by atoms with E-state index in [2.05, 4.69) is 10.3 Å². The Bertz CT molecular complexity index is 672. The van der Waals surface area contributed by atoms with Gasteiger partial charge in [0.1, 0.15) is 13.5 Å². The van der Waals surface area contributed by atoms with E-state index in [0.717, 1.165) is 29.7 Å². The summed E-state index contributed by atoms with van der Waals surface area (Å²) in [6.45, 7) is 0. The molecule has 2 aromatic rings. The van der Waals surface area contributed by atoms with Gasteiger partial charge in [-0.2, -0.15) is 13.2 Å². The molecule has 0 atom stereocenters. The van der Waals surface area contributed by atoms with Gasteiger partial charge in [0.2, 0.25) is 5.88 Å². The van der Waals surface area contributed by atoms with E-state index >= 15 is 0 Å². The third-order valence-corrected chi connectivity index (χ3v) is 2.73. The second-order valence-electron chi connectivity index (χ2n) is 4.41. The lowest BCUT2D eigenvalue weighted by molar-refractivity contribution is -0.137. The number of pyridine rings is 1. The molecule has 1 aromatic heterocycles. The van der Waals surface area contributed by atoms with E-state index in [9.17, 15) is 23.1 Å². The monoisotopic (exact) mass is 294 g/mol. The summed E-state index contributed by atoms with van der Waals surface area (Å²) in [6, 6.07) is 5.29. The van der Waals surface area contributed by atoms with Crippen molar-refractivity contribution in [2.45, 2.75) is 6.18 Å². The van der Waals surface area contributed by atoms with Crippen LogP contribution in [0.1, 0.15) is 15.9 Å². The molecule has 108 valence electrons. The van der Waals surface area contributed by atoms with Crippen molar-refractivity contribution in [1.82, 2.24) is 4.98 Å². The molecule has 0 radical (unpaired) electrons. The molecule has 0 aliphatic heterocycles. The number of aromatic nitrogens is 1. The fraction of sp³-hybridized carbons (Fsp3) is 0.0769. The third kappa shape index (κ3) is 3.53. The number of rotatable bonds is 2. The van der Waals surface area contributed by atoms with E-state index in [1.54, 1.807) is 7.85 Å². The van der Waals surface area contributed by atoms with E-state index in [4.69, 9.17) is 0 Å². The smallest absolute Gasteiger partial charge is 0.416 e. The van der Waals surface area contributed by atoms with Crippen molar-refractivity contribution in [2.24, 2.45) is 0 Å². The quantitative estimate of drug-likeness (QED) is 0.821. The number of hydrogen-bond acceptors (Lipinski definition) is 3. The minimum absolute atomic E-state index is 0.0453. The topological polar surface area (TPSA) is 62.2 Å². The molecular weight excluding hydrogens is 284 g/mol. The predicted molar refractivity (Wildman–Crippen MR) is 73.5 cm³/mol. The largest absolute Gasteiger partial charge is 0.492 e. The van der Waals surface area contributed by atoms with Crippen molar-refractivity contribution in [1.29, 1.82) is 0 Å². The van der Waals surface area contributed by atoms with E-state index in [1.165, 1.54) is 12.3 Å². The fourth-order valence-corrected chi connectivity index (χ4v) is 1.66. The first-order valence-electron chi connectivity index (χ1n) is 5.91. The van der Waals surface area contributed by atoms with Gasteiger partial charge in [-0.3, -0.25) is 4.79 Å². The summed E-state index contributed by atoms with van der Waals surface area (Å²) < 4.78 is 37.3. The number of carbonyl (C=O) groups excluding carboxylic acids is 1. The molecular formula is C13H10BF3N2O2. The van der Waals surface area contributed by atoms with Crippen LogP contribution in [0.3, 0.4) is 0 Å². The van der Waals surface area contributed by atoms with Crippen molar-refractivity contribution >= 4 is 24.9 Å². The molecule has 0 aliphatic carbocycles. The number of halogens is 3. The van der Waals surface area contributed by atoms with Crippen LogP contribution in [0.2, 0.25) is 0 Å². The second kappa shape index (κ2) is 5.47.